The van der Waals surface area contributed by atoms with E-state index in [1.54, 1.807) is 60.8 Å². The van der Waals surface area contributed by atoms with Crippen LogP contribution in [0.15, 0.2) is 67.0 Å². The highest BCUT2D eigenvalue weighted by atomic mass is 32.1. The van der Waals surface area contributed by atoms with Crippen LogP contribution < -0.4 is 92.1 Å². The summed E-state index contributed by atoms with van der Waals surface area (Å²) < 4.78 is 1.21. The molecule has 0 spiro atoms. The van der Waals surface area contributed by atoms with Gasteiger partial charge in [0.2, 0.25) is 76.8 Å². The van der Waals surface area contributed by atoms with Crippen LogP contribution in [-0.4, -0.2) is 257 Å². The van der Waals surface area contributed by atoms with Crippen LogP contribution in [0, 0.1) is 5.41 Å². The Kier molecular flexibility index (Phi) is 35.2. The molecular weight excluding hydrogens is 1510 g/mol. The highest BCUT2D eigenvalue weighted by molar-refractivity contribution is 7.80. The number of carboxylic acids is 2. The van der Waals surface area contributed by atoms with Gasteiger partial charge in [0.1, 0.15) is 72.5 Å². The topological polar surface area (TPSA) is 668 Å². The number of rotatable bonds is 27. The van der Waals surface area contributed by atoms with Gasteiger partial charge in [-0.25, -0.2) is 9.59 Å². The summed E-state index contributed by atoms with van der Waals surface area (Å²) in [5.41, 5.74) is 23.4. The number of guanidine groups is 1. The van der Waals surface area contributed by atoms with Crippen LogP contribution in [0.1, 0.15) is 94.4 Å². The number of aliphatic hydroxyl groups excluding tert-OH is 1. The largest absolute Gasteiger partial charge is 0.481 e. The number of carbonyl (C=O) groups excluding carboxylic acids is 14. The number of para-hydroxylation sites is 1. The third-order valence-electron chi connectivity index (χ3n) is 18.0. The molecule has 6 rings (SSSR count). The molecule has 13 atom stereocenters. The first-order chi connectivity index (χ1) is 53.3. The number of thiol groups is 2. The lowest BCUT2D eigenvalue weighted by Crippen LogP contribution is -2.62. The summed E-state index contributed by atoms with van der Waals surface area (Å²) in [4.78, 5) is 227. The molecule has 0 saturated carbocycles. The Morgan fingerprint density at radius 1 is 0.670 bits per heavy atom. The fourth-order valence-electron chi connectivity index (χ4n) is 12.2. The Morgan fingerprint density at radius 3 is 1.88 bits per heavy atom. The number of benzene rings is 2. The number of aliphatic hydroxyl groups is 1. The number of nitrogens with one attached hydrogen (secondary N) is 15. The number of fused-ring (bicyclic) bond motifs is 4. The van der Waals surface area contributed by atoms with Gasteiger partial charge in [-0.05, 0) is 81.9 Å². The highest BCUT2D eigenvalue weighted by Crippen LogP contribution is 2.23. The summed E-state index contributed by atoms with van der Waals surface area (Å²) in [5, 5.41) is 80.3. The Labute approximate surface area is 651 Å². The number of nitrogens with two attached hydrogens (primary N) is 4. The zero-order chi connectivity index (χ0) is 82.3. The van der Waals surface area contributed by atoms with Crippen molar-refractivity contribution >= 4 is 137 Å². The third kappa shape index (κ3) is 28.0. The molecule has 26 N–H and O–H groups in total. The van der Waals surface area contributed by atoms with E-state index in [9.17, 15) is 87.2 Å². The van der Waals surface area contributed by atoms with Gasteiger partial charge in [0.25, 0.3) is 0 Å². The molecule has 112 heavy (non-hydrogen) atoms. The lowest BCUT2D eigenvalue weighted by Gasteiger charge is -2.31. The quantitative estimate of drug-likeness (QED) is 0.0114. The summed E-state index contributed by atoms with van der Waals surface area (Å²) in [6.45, 7) is -0.120. The maximum absolute atomic E-state index is 15.1. The van der Waals surface area contributed by atoms with E-state index < -0.39 is 217 Å². The van der Waals surface area contributed by atoms with E-state index >= 15 is 4.79 Å². The number of aliphatic carboxylic acids is 2. The maximum atomic E-state index is 15.1. The molecule has 610 valence electrons. The van der Waals surface area contributed by atoms with Crippen LogP contribution in [0.5, 0.6) is 0 Å². The molecule has 2 bridgehead atoms. The zero-order valence-corrected chi connectivity index (χ0v) is 62.9. The molecule has 0 radical (unpaired) electrons. The van der Waals surface area contributed by atoms with E-state index in [0.29, 0.717) is 22.0 Å². The number of carboxylic acid groups (broad SMARTS) is 2. The summed E-state index contributed by atoms with van der Waals surface area (Å²) in [6, 6.07) is -6.33. The van der Waals surface area contributed by atoms with Gasteiger partial charge in [-0.15, -0.1) is 5.10 Å². The second-order valence-electron chi connectivity index (χ2n) is 26.6. The first kappa shape index (κ1) is 89.2. The minimum absolute atomic E-state index is 0.00226. The number of carbonyl (C=O) groups is 16. The molecule has 0 aliphatic carbocycles. The molecule has 1 fully saturated rings. The maximum Gasteiger partial charge on any atom is 0.326 e. The second kappa shape index (κ2) is 44.2. The summed E-state index contributed by atoms with van der Waals surface area (Å²) in [6.07, 6.45) is -3.55. The van der Waals surface area contributed by atoms with Gasteiger partial charge in [0.15, 0.2) is 5.96 Å². The second-order valence-corrected chi connectivity index (χ2v) is 27.3. The first-order valence-electron chi connectivity index (χ1n) is 35.8. The van der Waals surface area contributed by atoms with Gasteiger partial charge in [-0.1, -0.05) is 53.7 Å². The van der Waals surface area contributed by atoms with E-state index in [1.165, 1.54) is 10.9 Å². The molecule has 2 aromatic heterocycles. The summed E-state index contributed by atoms with van der Waals surface area (Å²) in [5.74, 6) is -18.3. The SMILES string of the molecule is C[C@@H](O)[C@@H]1NC(=O)[C@@H](NC(=O)[C@H](CS)NC(=O)CN)Cc2cn(nn2)CCC[C@H](C(=O)N[C@@H](Cc2ccccc2)C(=O)O)NC(=O)[C@H](CCC(N)=O)NC(=O)C(Cc2c[nH]c3ccccc23)NC(=O)[C@H](CCCNC(N)=O)NC(=O)C(CS)NC(=O)[C@H](CCCNC(=N)N)NC(=O)C2CCCN2C(=O)[C@H](CC(=O)O)NC1=O. The molecule has 4 heterocycles. The van der Waals surface area contributed by atoms with E-state index in [1.807, 2.05) is 0 Å². The molecule has 42 nitrogen and oxygen atoms in total. The van der Waals surface area contributed by atoms with Crippen molar-refractivity contribution in [1.82, 2.24) is 94.0 Å². The average molecular weight is 1600 g/mol. The Morgan fingerprint density at radius 2 is 1.26 bits per heavy atom. The van der Waals surface area contributed by atoms with E-state index in [-0.39, 0.29) is 102 Å². The molecule has 1 saturated heterocycles. The van der Waals surface area contributed by atoms with E-state index in [2.05, 4.69) is 110 Å². The van der Waals surface area contributed by atoms with Gasteiger partial charge in [0.05, 0.1) is 24.8 Å². The van der Waals surface area contributed by atoms with E-state index in [4.69, 9.17) is 28.3 Å². The number of hydrogen-bond acceptors (Lipinski definition) is 23. The highest BCUT2D eigenvalue weighted by Gasteiger charge is 2.43. The van der Waals surface area contributed by atoms with Crippen LogP contribution >= 0.6 is 25.3 Å². The molecule has 2 aliphatic heterocycles. The zero-order valence-electron chi connectivity index (χ0n) is 61.1. The van der Waals surface area contributed by atoms with Crippen molar-refractivity contribution in [2.45, 2.75) is 182 Å². The van der Waals surface area contributed by atoms with Gasteiger partial charge in [-0.2, -0.15) is 25.3 Å². The average Bonchev–Trinajstić information content (AvgIpc) is 1.61. The number of aromatic nitrogens is 4. The Hall–Kier alpha value is -11.7. The lowest BCUT2D eigenvalue weighted by molar-refractivity contribution is -0.146. The smallest absolute Gasteiger partial charge is 0.326 e. The van der Waals surface area contributed by atoms with Crippen molar-refractivity contribution in [3.63, 3.8) is 0 Å². The summed E-state index contributed by atoms with van der Waals surface area (Å²) >= 11 is 8.49. The predicted octanol–water partition coefficient (Wildman–Crippen LogP) is -7.36. The number of primary amides is 2. The monoisotopic (exact) mass is 1600 g/mol. The number of H-pyrrole nitrogens is 1. The normalized spacial score (nSPS) is 22.6. The Bertz CT molecular complexity index is 4040. The molecule has 2 aliphatic rings. The number of hydrogen-bond donors (Lipinski definition) is 24. The van der Waals surface area contributed by atoms with Gasteiger partial charge >= 0.3 is 18.0 Å². The van der Waals surface area contributed by atoms with Crippen LogP contribution in [0.3, 0.4) is 0 Å². The predicted molar refractivity (Wildman–Crippen MR) is 404 cm³/mol. The lowest BCUT2D eigenvalue weighted by atomic mass is 10.0. The number of amides is 15. The number of nitrogens with zero attached hydrogens (tertiary/aromatic N) is 4. The molecule has 2 aromatic carbocycles. The fourth-order valence-corrected chi connectivity index (χ4v) is 12.7. The summed E-state index contributed by atoms with van der Waals surface area (Å²) in [7, 11) is 0. The van der Waals surface area contributed by atoms with Crippen molar-refractivity contribution < 1.29 is 92.0 Å². The first-order valence-corrected chi connectivity index (χ1v) is 37.1. The van der Waals surface area contributed by atoms with Gasteiger partial charge in [-0.3, -0.25) is 77.2 Å². The molecule has 15 amide bonds. The third-order valence-corrected chi connectivity index (χ3v) is 18.8. The van der Waals surface area contributed by atoms with Crippen molar-refractivity contribution in [2.24, 2.45) is 22.9 Å². The molecule has 4 aromatic rings. The van der Waals surface area contributed by atoms with Crippen molar-refractivity contribution in [2.75, 3.05) is 37.7 Å². The number of aryl methyl sites for hydroxylation is 1. The van der Waals surface area contributed by atoms with Crippen LogP contribution in [0.2, 0.25) is 0 Å². The molecule has 3 unspecified atom stereocenters. The molecule has 44 heteroatoms. The van der Waals surface area contributed by atoms with Crippen molar-refractivity contribution in [3.05, 3.63) is 83.8 Å². The number of urea groups is 1. The van der Waals surface area contributed by atoms with Gasteiger partial charge in [0, 0.05) is 86.7 Å². The standard InChI is InChI=1S/C68H97N23O19S2/c1-34(92)54-64(106)84-46(28-53(95)96)65(107)91-24-10-18-50(91)63(105)81-41(15-7-21-74-67(71)72)57(99)86-49(33-112)62(104)79-40(16-8-22-75-68(73)110)55(97)82-44(26-36-30-76-39-14-6-5-13-38(36)39)59(101)80-43(19-20-51(70)93)58(100)78-42(56(98)85-47(66(108)109)25-35-11-3-2-4-12-35)17-9-23-90-31-37(88-89-90)27-45(60(102)87-54)83-61(103)48(32-111)77-52(94)29-69/h2-6,11-14,30-31,34,40-50,54,76,92,111-112H,7-10,15-29,32-33,69H2,1H3,(H2,70,93)(H,77,94)(H,78,100)(H,79,104)(H,80,101)(H,81,105)(H,82,97)(H,83,103)(H,84,106)(H,85,98)(H,86,99)(H,87,102)(H,95,96)(H,108,109)(H4,71,72,74)(H3,73,75,110)/t34-,40+,41+,42-,43+,44?,45+,46+,47+,48+,49?,50?,54+/m1/s1. The van der Waals surface area contributed by atoms with E-state index in [0.717, 1.165) is 11.8 Å². The fraction of sp³-hybridized carbons (Fsp3) is 0.515. The molecular formula is C68H97N23O19S2. The minimum Gasteiger partial charge on any atom is -0.481 e. The van der Waals surface area contributed by atoms with Crippen LogP contribution in [-0.2, 0) is 97.7 Å². The van der Waals surface area contributed by atoms with Gasteiger partial charge < -0.3 is 117 Å². The van der Waals surface area contributed by atoms with Crippen molar-refractivity contribution in [3.8, 4) is 0 Å². The van der Waals surface area contributed by atoms with Crippen LogP contribution in [0.25, 0.3) is 10.9 Å². The number of aromatic amines is 1. The minimum atomic E-state index is -2.06. The Balaban J connectivity index is 1.47. The van der Waals surface area contributed by atoms with Crippen LogP contribution in [0.4, 0.5) is 4.79 Å². The van der Waals surface area contributed by atoms with Crippen molar-refractivity contribution in [1.29, 1.82) is 5.41 Å².